The van der Waals surface area contributed by atoms with Crippen LogP contribution in [0.4, 0.5) is 26.3 Å². The van der Waals surface area contributed by atoms with Gasteiger partial charge in [-0.15, -0.1) is 13.2 Å². The van der Waals surface area contributed by atoms with E-state index >= 15 is 0 Å². The Kier molecular flexibility index (Phi) is 5.65. The first-order chi connectivity index (χ1) is 9.97. The zero-order chi connectivity index (χ0) is 17.1. The lowest BCUT2D eigenvalue weighted by atomic mass is 10.1. The molecule has 0 N–H and O–H groups in total. The third kappa shape index (κ3) is 5.04. The number of carbonyl (C=O) groups excluding carboxylic acids is 1. The summed E-state index contributed by atoms with van der Waals surface area (Å²) >= 11 is 2.88. The second-order valence-corrected chi connectivity index (χ2v) is 4.44. The fraction of sp³-hybridized carbons (Fsp3) is 0.455. The molecule has 0 unspecified atom stereocenters. The van der Waals surface area contributed by atoms with Gasteiger partial charge in [-0.05, 0) is 11.6 Å². The number of hydrogen-bond acceptors (Lipinski definition) is 4. The molecule has 1 aromatic heterocycles. The number of nitrogens with zero attached hydrogens (tertiary/aromatic N) is 1. The van der Waals surface area contributed by atoms with E-state index in [-0.39, 0.29) is 16.6 Å². The summed E-state index contributed by atoms with van der Waals surface area (Å²) in [5, 5.41) is -0.151. The standard InChI is InChI=1S/C11H8BrF6NO3/c1-21-8(20)3-7-5(4-12)2-6(10(13,14)15)9(19-7)22-11(16,17)18/h2H,3-4H2,1H3. The Morgan fingerprint density at radius 3 is 2.27 bits per heavy atom. The Morgan fingerprint density at radius 2 is 1.86 bits per heavy atom. The molecule has 1 aromatic rings. The van der Waals surface area contributed by atoms with Crippen LogP contribution in [0.15, 0.2) is 6.07 Å². The smallest absolute Gasteiger partial charge is 0.469 e. The van der Waals surface area contributed by atoms with Crippen LogP contribution in [0.2, 0.25) is 0 Å². The van der Waals surface area contributed by atoms with E-state index < -0.39 is 36.4 Å². The maximum absolute atomic E-state index is 12.8. The molecule has 1 heterocycles. The van der Waals surface area contributed by atoms with E-state index in [1.807, 2.05) is 0 Å². The van der Waals surface area contributed by atoms with E-state index in [1.54, 1.807) is 0 Å². The summed E-state index contributed by atoms with van der Waals surface area (Å²) in [7, 11) is 1.02. The molecule has 0 fully saturated rings. The Morgan fingerprint density at radius 1 is 1.27 bits per heavy atom. The predicted molar refractivity (Wildman–Crippen MR) is 64.3 cm³/mol. The van der Waals surface area contributed by atoms with Gasteiger partial charge in [0.25, 0.3) is 0 Å². The predicted octanol–water partition coefficient (Wildman–Crippen LogP) is 3.61. The molecule has 4 nitrogen and oxygen atoms in total. The van der Waals surface area contributed by atoms with Crippen molar-refractivity contribution in [3.8, 4) is 5.88 Å². The lowest BCUT2D eigenvalue weighted by molar-refractivity contribution is -0.277. The minimum Gasteiger partial charge on any atom is -0.469 e. The van der Waals surface area contributed by atoms with Gasteiger partial charge < -0.3 is 9.47 Å². The van der Waals surface area contributed by atoms with Crippen LogP contribution in [-0.4, -0.2) is 24.4 Å². The first-order valence-electron chi connectivity index (χ1n) is 5.46. The van der Waals surface area contributed by atoms with Gasteiger partial charge in [0.15, 0.2) is 0 Å². The van der Waals surface area contributed by atoms with Gasteiger partial charge in [0.05, 0.1) is 19.2 Å². The van der Waals surface area contributed by atoms with Crippen molar-refractivity contribution in [1.82, 2.24) is 4.98 Å². The summed E-state index contributed by atoms with van der Waals surface area (Å²) in [6, 6.07) is 0.446. The van der Waals surface area contributed by atoms with Crippen LogP contribution < -0.4 is 4.74 Å². The normalized spacial score (nSPS) is 12.2. The maximum atomic E-state index is 12.8. The monoisotopic (exact) mass is 395 g/mol. The highest BCUT2D eigenvalue weighted by Crippen LogP contribution is 2.38. The fourth-order valence-corrected chi connectivity index (χ4v) is 1.93. The highest BCUT2D eigenvalue weighted by Gasteiger charge is 2.41. The van der Waals surface area contributed by atoms with Gasteiger partial charge >= 0.3 is 18.5 Å². The number of pyridine rings is 1. The molecule has 0 radical (unpaired) electrons. The number of halogens is 7. The molecule has 0 aliphatic carbocycles. The third-order valence-electron chi connectivity index (χ3n) is 2.36. The summed E-state index contributed by atoms with van der Waals surface area (Å²) in [4.78, 5) is 14.4. The minimum atomic E-state index is -5.36. The van der Waals surface area contributed by atoms with E-state index in [1.165, 1.54) is 0 Å². The van der Waals surface area contributed by atoms with Gasteiger partial charge in [-0.25, -0.2) is 4.98 Å². The van der Waals surface area contributed by atoms with Gasteiger partial charge in [-0.2, -0.15) is 13.2 Å². The van der Waals surface area contributed by atoms with Crippen molar-refractivity contribution in [3.63, 3.8) is 0 Å². The highest BCUT2D eigenvalue weighted by atomic mass is 79.9. The Labute approximate surface area is 128 Å². The number of methoxy groups -OCH3 is 1. The van der Waals surface area contributed by atoms with Crippen LogP contribution in [0.1, 0.15) is 16.8 Å². The van der Waals surface area contributed by atoms with Crippen molar-refractivity contribution in [2.45, 2.75) is 24.3 Å². The Balaban J connectivity index is 3.42. The molecule has 124 valence electrons. The van der Waals surface area contributed by atoms with Gasteiger partial charge in [-0.3, -0.25) is 4.79 Å². The topological polar surface area (TPSA) is 48.4 Å². The van der Waals surface area contributed by atoms with Crippen molar-refractivity contribution in [1.29, 1.82) is 0 Å². The van der Waals surface area contributed by atoms with Crippen molar-refractivity contribution in [2.24, 2.45) is 0 Å². The number of alkyl halides is 7. The van der Waals surface area contributed by atoms with E-state index in [9.17, 15) is 31.1 Å². The number of esters is 1. The molecule has 11 heteroatoms. The van der Waals surface area contributed by atoms with Crippen molar-refractivity contribution >= 4 is 21.9 Å². The number of ether oxygens (including phenoxy) is 2. The summed E-state index contributed by atoms with van der Waals surface area (Å²) in [6.07, 6.45) is -11.1. The molecule has 22 heavy (non-hydrogen) atoms. The van der Waals surface area contributed by atoms with Gasteiger partial charge in [0, 0.05) is 5.33 Å². The second kappa shape index (κ2) is 6.71. The average molecular weight is 396 g/mol. The Bertz CT molecular complexity index is 558. The molecule has 0 aliphatic heterocycles. The Hall–Kier alpha value is -1.52. The quantitative estimate of drug-likeness (QED) is 0.444. The summed E-state index contributed by atoms with van der Waals surface area (Å²) in [5.74, 6) is -2.53. The largest absolute Gasteiger partial charge is 0.574 e. The summed E-state index contributed by atoms with van der Waals surface area (Å²) in [5.41, 5.74) is -2.10. The zero-order valence-corrected chi connectivity index (χ0v) is 12.4. The zero-order valence-electron chi connectivity index (χ0n) is 10.8. The molecule has 0 spiro atoms. The van der Waals surface area contributed by atoms with Crippen LogP contribution in [0.25, 0.3) is 0 Å². The molecule has 0 bridgehead atoms. The first kappa shape index (κ1) is 18.5. The van der Waals surface area contributed by atoms with Crippen LogP contribution in [0.3, 0.4) is 0 Å². The lowest BCUT2D eigenvalue weighted by Crippen LogP contribution is -2.22. The molecule has 0 aromatic carbocycles. The molecule has 0 amide bonds. The molecular formula is C11H8BrF6NO3. The van der Waals surface area contributed by atoms with E-state index in [0.29, 0.717) is 6.07 Å². The van der Waals surface area contributed by atoms with Crippen LogP contribution in [0, 0.1) is 0 Å². The molecule has 0 atom stereocenters. The maximum Gasteiger partial charge on any atom is 0.574 e. The number of hydrogen-bond donors (Lipinski definition) is 0. The van der Waals surface area contributed by atoms with E-state index in [4.69, 9.17) is 0 Å². The van der Waals surface area contributed by atoms with E-state index in [2.05, 4.69) is 30.4 Å². The fourth-order valence-electron chi connectivity index (χ4n) is 1.44. The van der Waals surface area contributed by atoms with Crippen LogP contribution in [-0.2, 0) is 27.5 Å². The van der Waals surface area contributed by atoms with Crippen LogP contribution >= 0.6 is 15.9 Å². The lowest BCUT2D eigenvalue weighted by Gasteiger charge is -2.17. The van der Waals surface area contributed by atoms with Crippen LogP contribution in [0.5, 0.6) is 5.88 Å². The first-order valence-corrected chi connectivity index (χ1v) is 6.58. The molecule has 0 saturated carbocycles. The minimum absolute atomic E-state index is 0.104. The third-order valence-corrected chi connectivity index (χ3v) is 2.96. The molecule has 1 rings (SSSR count). The van der Waals surface area contributed by atoms with E-state index in [0.717, 1.165) is 7.11 Å². The molecular weight excluding hydrogens is 388 g/mol. The summed E-state index contributed by atoms with van der Waals surface area (Å²) < 4.78 is 82.7. The summed E-state index contributed by atoms with van der Waals surface area (Å²) in [6.45, 7) is 0. The highest BCUT2D eigenvalue weighted by molar-refractivity contribution is 9.08. The van der Waals surface area contributed by atoms with Gasteiger partial charge in [0.1, 0.15) is 5.56 Å². The van der Waals surface area contributed by atoms with Gasteiger partial charge in [0.2, 0.25) is 5.88 Å². The SMILES string of the molecule is COC(=O)Cc1nc(OC(F)(F)F)c(C(F)(F)F)cc1CBr. The molecule has 0 saturated heterocycles. The second-order valence-electron chi connectivity index (χ2n) is 3.88. The number of aromatic nitrogens is 1. The van der Waals surface area contributed by atoms with Crippen molar-refractivity contribution in [3.05, 3.63) is 22.9 Å². The number of carbonyl (C=O) groups is 1. The van der Waals surface area contributed by atoms with Crippen molar-refractivity contribution in [2.75, 3.05) is 7.11 Å². The van der Waals surface area contributed by atoms with Gasteiger partial charge in [-0.1, -0.05) is 15.9 Å². The molecule has 0 aliphatic rings. The number of rotatable bonds is 4. The van der Waals surface area contributed by atoms with Crippen molar-refractivity contribution < 1.29 is 40.6 Å². The average Bonchev–Trinajstić information content (AvgIpc) is 2.35.